The van der Waals surface area contributed by atoms with E-state index < -0.39 is 0 Å². The van der Waals surface area contributed by atoms with Crippen molar-refractivity contribution in [3.63, 3.8) is 0 Å². The monoisotopic (exact) mass is 187 g/mol. The first-order valence-electron chi connectivity index (χ1n) is 4.13. The molecule has 0 atom stereocenters. The van der Waals surface area contributed by atoms with Crippen molar-refractivity contribution in [2.24, 2.45) is 5.16 Å². The highest BCUT2D eigenvalue weighted by Gasteiger charge is 2.02. The Balaban J connectivity index is 2.75. The lowest BCUT2D eigenvalue weighted by Gasteiger charge is -2.03. The summed E-state index contributed by atoms with van der Waals surface area (Å²) in [6, 6.07) is 7.30. The van der Waals surface area contributed by atoms with Gasteiger partial charge in [0, 0.05) is 22.8 Å². The lowest BCUT2D eigenvalue weighted by atomic mass is 10.1. The number of nitrogen functional groups attached to an aromatic ring is 1. The van der Waals surface area contributed by atoms with E-state index in [2.05, 4.69) is 10.1 Å². The molecule has 2 aromatic rings. The van der Waals surface area contributed by atoms with Crippen molar-refractivity contribution in [1.82, 2.24) is 4.98 Å². The average Bonchev–Trinajstić information content (AvgIpc) is 2.23. The standard InChI is InChI=1S/C10H9N3O/c11-10-7(6-13-14)3-4-9-8(10)2-1-5-12-9/h1-6,14H,11H2. The summed E-state index contributed by atoms with van der Waals surface area (Å²) in [6.45, 7) is 0. The minimum atomic E-state index is 0.577. The van der Waals surface area contributed by atoms with Crippen molar-refractivity contribution in [3.05, 3.63) is 36.0 Å². The van der Waals surface area contributed by atoms with Gasteiger partial charge in [0.1, 0.15) is 0 Å². The van der Waals surface area contributed by atoms with Crippen LogP contribution in [0.4, 0.5) is 5.69 Å². The summed E-state index contributed by atoms with van der Waals surface area (Å²) < 4.78 is 0. The number of nitrogens with zero attached hydrogens (tertiary/aromatic N) is 2. The fourth-order valence-corrected chi connectivity index (χ4v) is 1.37. The van der Waals surface area contributed by atoms with Crippen LogP contribution in [0.25, 0.3) is 10.9 Å². The molecule has 0 aliphatic heterocycles. The Labute approximate surface area is 80.7 Å². The lowest BCUT2D eigenvalue weighted by molar-refractivity contribution is 0.322. The third-order valence-electron chi connectivity index (χ3n) is 2.06. The minimum Gasteiger partial charge on any atom is -0.411 e. The molecule has 4 nitrogen and oxygen atoms in total. The van der Waals surface area contributed by atoms with Gasteiger partial charge in [-0.2, -0.15) is 0 Å². The summed E-state index contributed by atoms with van der Waals surface area (Å²) in [6.07, 6.45) is 3.02. The number of pyridine rings is 1. The first-order chi connectivity index (χ1) is 6.83. The molecule has 0 amide bonds. The quantitative estimate of drug-likeness (QED) is 0.308. The van der Waals surface area contributed by atoms with Gasteiger partial charge in [0.05, 0.1) is 11.7 Å². The normalized spacial score (nSPS) is 11.1. The molecule has 0 fully saturated rings. The highest BCUT2D eigenvalue weighted by molar-refractivity contribution is 6.00. The molecule has 0 spiro atoms. The van der Waals surface area contributed by atoms with Crippen LogP contribution in [0.1, 0.15) is 5.56 Å². The average molecular weight is 187 g/mol. The van der Waals surface area contributed by atoms with Crippen LogP contribution in [0.5, 0.6) is 0 Å². The zero-order valence-corrected chi connectivity index (χ0v) is 7.38. The molecule has 70 valence electrons. The molecular weight excluding hydrogens is 178 g/mol. The van der Waals surface area contributed by atoms with E-state index in [1.54, 1.807) is 12.3 Å². The Bertz CT molecular complexity index is 494. The van der Waals surface area contributed by atoms with Crippen molar-refractivity contribution >= 4 is 22.8 Å². The third-order valence-corrected chi connectivity index (χ3v) is 2.06. The molecule has 0 aliphatic rings. The van der Waals surface area contributed by atoms with Gasteiger partial charge in [-0.3, -0.25) is 4.98 Å². The van der Waals surface area contributed by atoms with Crippen molar-refractivity contribution in [2.45, 2.75) is 0 Å². The highest BCUT2D eigenvalue weighted by Crippen LogP contribution is 2.21. The van der Waals surface area contributed by atoms with E-state index in [0.29, 0.717) is 11.3 Å². The van der Waals surface area contributed by atoms with Crippen molar-refractivity contribution < 1.29 is 5.21 Å². The first-order valence-corrected chi connectivity index (χ1v) is 4.13. The summed E-state index contributed by atoms with van der Waals surface area (Å²) in [4.78, 5) is 4.16. The zero-order valence-electron chi connectivity index (χ0n) is 7.38. The van der Waals surface area contributed by atoms with E-state index in [9.17, 15) is 0 Å². The van der Waals surface area contributed by atoms with Crippen LogP contribution in [0.2, 0.25) is 0 Å². The van der Waals surface area contributed by atoms with Crippen LogP contribution in [-0.4, -0.2) is 16.4 Å². The van der Waals surface area contributed by atoms with Crippen LogP contribution < -0.4 is 5.73 Å². The van der Waals surface area contributed by atoms with Gasteiger partial charge in [0.25, 0.3) is 0 Å². The predicted molar refractivity (Wildman–Crippen MR) is 55.5 cm³/mol. The molecule has 0 unspecified atom stereocenters. The molecule has 0 aliphatic carbocycles. The van der Waals surface area contributed by atoms with E-state index in [0.717, 1.165) is 10.9 Å². The summed E-state index contributed by atoms with van der Waals surface area (Å²) >= 11 is 0. The number of benzene rings is 1. The smallest absolute Gasteiger partial charge is 0.0754 e. The molecule has 0 bridgehead atoms. The number of rotatable bonds is 1. The highest BCUT2D eigenvalue weighted by atomic mass is 16.4. The number of anilines is 1. The Kier molecular flexibility index (Phi) is 2.02. The Hall–Kier alpha value is -2.10. The number of nitrogens with two attached hydrogens (primary N) is 1. The summed E-state index contributed by atoms with van der Waals surface area (Å²) in [5.74, 6) is 0. The van der Waals surface area contributed by atoms with Crippen LogP contribution in [0, 0.1) is 0 Å². The van der Waals surface area contributed by atoms with E-state index in [-0.39, 0.29) is 0 Å². The number of fused-ring (bicyclic) bond motifs is 1. The summed E-state index contributed by atoms with van der Waals surface area (Å²) in [7, 11) is 0. The van der Waals surface area contributed by atoms with Gasteiger partial charge in [-0.05, 0) is 24.3 Å². The maximum atomic E-state index is 8.41. The van der Waals surface area contributed by atoms with Crippen LogP contribution in [-0.2, 0) is 0 Å². The molecule has 4 heteroatoms. The predicted octanol–water partition coefficient (Wildman–Crippen LogP) is 1.63. The van der Waals surface area contributed by atoms with Crippen LogP contribution in [0.15, 0.2) is 35.6 Å². The maximum Gasteiger partial charge on any atom is 0.0754 e. The van der Waals surface area contributed by atoms with E-state index in [4.69, 9.17) is 10.9 Å². The molecule has 14 heavy (non-hydrogen) atoms. The molecule has 1 aromatic carbocycles. The lowest BCUT2D eigenvalue weighted by Crippen LogP contribution is -1.95. The van der Waals surface area contributed by atoms with Crippen molar-refractivity contribution in [1.29, 1.82) is 0 Å². The maximum absolute atomic E-state index is 8.41. The zero-order chi connectivity index (χ0) is 9.97. The van der Waals surface area contributed by atoms with E-state index >= 15 is 0 Å². The molecule has 0 radical (unpaired) electrons. The van der Waals surface area contributed by atoms with Gasteiger partial charge in [0.15, 0.2) is 0 Å². The molecule has 3 N–H and O–H groups in total. The molecule has 0 saturated heterocycles. The van der Waals surface area contributed by atoms with Crippen molar-refractivity contribution in [2.75, 3.05) is 5.73 Å². The third kappa shape index (κ3) is 1.26. The Morgan fingerprint density at radius 2 is 2.21 bits per heavy atom. The molecule has 2 rings (SSSR count). The molecule has 0 saturated carbocycles. The van der Waals surface area contributed by atoms with Gasteiger partial charge >= 0.3 is 0 Å². The van der Waals surface area contributed by atoms with Crippen molar-refractivity contribution in [3.8, 4) is 0 Å². The topological polar surface area (TPSA) is 71.5 Å². The molecular formula is C10H9N3O. The number of aromatic nitrogens is 1. The number of hydrogen-bond acceptors (Lipinski definition) is 4. The van der Waals surface area contributed by atoms with Gasteiger partial charge in [0.2, 0.25) is 0 Å². The first kappa shape index (κ1) is 8.50. The van der Waals surface area contributed by atoms with Gasteiger partial charge < -0.3 is 10.9 Å². The van der Waals surface area contributed by atoms with Crippen LogP contribution >= 0.6 is 0 Å². The SMILES string of the molecule is Nc1c(C=NO)ccc2ncccc12. The largest absolute Gasteiger partial charge is 0.411 e. The minimum absolute atomic E-state index is 0.577. The van der Waals surface area contributed by atoms with Gasteiger partial charge in [-0.25, -0.2) is 0 Å². The van der Waals surface area contributed by atoms with Crippen LogP contribution in [0.3, 0.4) is 0 Å². The fourth-order valence-electron chi connectivity index (χ4n) is 1.37. The second kappa shape index (κ2) is 3.33. The second-order valence-corrected chi connectivity index (χ2v) is 2.88. The number of oxime groups is 1. The Morgan fingerprint density at radius 1 is 1.36 bits per heavy atom. The number of hydrogen-bond donors (Lipinski definition) is 2. The summed E-state index contributed by atoms with van der Waals surface area (Å²) in [5, 5.41) is 12.2. The molecule has 1 heterocycles. The fraction of sp³-hybridized carbons (Fsp3) is 0. The summed E-state index contributed by atoms with van der Waals surface area (Å²) in [5.41, 5.74) is 7.96. The van der Waals surface area contributed by atoms with Gasteiger partial charge in [-0.1, -0.05) is 5.16 Å². The van der Waals surface area contributed by atoms with E-state index in [1.807, 2.05) is 18.2 Å². The van der Waals surface area contributed by atoms with Gasteiger partial charge in [-0.15, -0.1) is 0 Å². The van der Waals surface area contributed by atoms with E-state index in [1.165, 1.54) is 6.21 Å². The Morgan fingerprint density at radius 3 is 3.00 bits per heavy atom. The second-order valence-electron chi connectivity index (χ2n) is 2.88. The molecule has 1 aromatic heterocycles.